The molecular weight excluding hydrogens is 412 g/mol. The van der Waals surface area contributed by atoms with Crippen LogP contribution >= 0.6 is 0 Å². The number of nitrogens with one attached hydrogen (secondary N) is 1. The predicted octanol–water partition coefficient (Wildman–Crippen LogP) is 3.92. The van der Waals surface area contributed by atoms with Crippen LogP contribution in [0.2, 0.25) is 0 Å². The Morgan fingerprint density at radius 2 is 1.97 bits per heavy atom. The van der Waals surface area contributed by atoms with Gasteiger partial charge in [0.2, 0.25) is 0 Å². The topological polar surface area (TPSA) is 66.3 Å². The summed E-state index contributed by atoms with van der Waals surface area (Å²) in [5, 5.41) is 8.18. The molecule has 2 aromatic heterocycles. The van der Waals surface area contributed by atoms with Gasteiger partial charge in [-0.05, 0) is 44.4 Å². The smallest absolute Gasteiger partial charge is 0.259 e. The highest BCUT2D eigenvalue weighted by Gasteiger charge is 2.38. The summed E-state index contributed by atoms with van der Waals surface area (Å²) < 4.78 is 1.96. The second-order valence-electron chi connectivity index (χ2n) is 9.87. The molecule has 0 spiro atoms. The van der Waals surface area contributed by atoms with E-state index in [2.05, 4.69) is 58.4 Å². The van der Waals surface area contributed by atoms with E-state index in [4.69, 9.17) is 0 Å². The first-order valence-electron chi connectivity index (χ1n) is 11.7. The SMILES string of the molecule is CN(C(=O)c1cnn2c1NC(c1ccccn1)CC2(C)C)C1CCN(Cc2ccccc2)C1. The number of amides is 1. The number of aromatic nitrogens is 3. The fourth-order valence-corrected chi connectivity index (χ4v) is 5.13. The van der Waals surface area contributed by atoms with Crippen LogP contribution in [0.3, 0.4) is 0 Å². The van der Waals surface area contributed by atoms with Crippen molar-refractivity contribution in [1.82, 2.24) is 24.6 Å². The number of nitrogens with zero attached hydrogens (tertiary/aromatic N) is 5. The molecule has 5 rings (SSSR count). The Balaban J connectivity index is 1.32. The molecule has 172 valence electrons. The molecule has 2 aliphatic heterocycles. The number of benzene rings is 1. The molecule has 1 aromatic carbocycles. The van der Waals surface area contributed by atoms with Gasteiger partial charge >= 0.3 is 0 Å². The Bertz CT molecular complexity index is 1110. The number of carbonyl (C=O) groups is 1. The van der Waals surface area contributed by atoms with Gasteiger partial charge in [0.15, 0.2) is 0 Å². The normalized spacial score (nSPS) is 21.9. The number of anilines is 1. The molecule has 3 aromatic rings. The summed E-state index contributed by atoms with van der Waals surface area (Å²) in [6.45, 7) is 7.13. The monoisotopic (exact) mass is 444 g/mol. The van der Waals surface area contributed by atoms with Gasteiger partial charge in [-0.1, -0.05) is 36.4 Å². The van der Waals surface area contributed by atoms with Crippen molar-refractivity contribution in [3.63, 3.8) is 0 Å². The summed E-state index contributed by atoms with van der Waals surface area (Å²) in [6.07, 6.45) is 5.37. The first-order chi connectivity index (χ1) is 15.9. The predicted molar refractivity (Wildman–Crippen MR) is 129 cm³/mol. The van der Waals surface area contributed by atoms with E-state index in [-0.39, 0.29) is 23.5 Å². The maximum Gasteiger partial charge on any atom is 0.259 e. The highest BCUT2D eigenvalue weighted by Crippen LogP contribution is 2.39. The number of fused-ring (bicyclic) bond motifs is 1. The number of hydrogen-bond acceptors (Lipinski definition) is 5. The van der Waals surface area contributed by atoms with Crippen LogP contribution in [0.25, 0.3) is 0 Å². The lowest BCUT2D eigenvalue weighted by Crippen LogP contribution is -2.41. The fourth-order valence-electron chi connectivity index (χ4n) is 5.13. The van der Waals surface area contributed by atoms with Crippen LogP contribution in [0.5, 0.6) is 0 Å². The highest BCUT2D eigenvalue weighted by molar-refractivity contribution is 5.99. The third kappa shape index (κ3) is 4.25. The molecule has 2 unspecified atom stereocenters. The van der Waals surface area contributed by atoms with Gasteiger partial charge in [0.1, 0.15) is 11.4 Å². The maximum atomic E-state index is 13.6. The van der Waals surface area contributed by atoms with Crippen molar-refractivity contribution in [2.45, 2.75) is 50.9 Å². The quantitative estimate of drug-likeness (QED) is 0.646. The minimum atomic E-state index is -0.223. The Morgan fingerprint density at radius 3 is 2.73 bits per heavy atom. The van der Waals surface area contributed by atoms with Crippen molar-refractivity contribution in [3.8, 4) is 0 Å². The zero-order chi connectivity index (χ0) is 23.0. The molecule has 1 saturated heterocycles. The van der Waals surface area contributed by atoms with Crippen LogP contribution in [0, 0.1) is 0 Å². The maximum absolute atomic E-state index is 13.6. The summed E-state index contributed by atoms with van der Waals surface area (Å²) in [5.41, 5.74) is 2.70. The van der Waals surface area contributed by atoms with Crippen molar-refractivity contribution in [2.24, 2.45) is 0 Å². The molecule has 0 bridgehead atoms. The minimum Gasteiger partial charge on any atom is -0.361 e. The van der Waals surface area contributed by atoms with Crippen LogP contribution in [0.1, 0.15) is 54.3 Å². The van der Waals surface area contributed by atoms with Gasteiger partial charge in [-0.2, -0.15) is 5.10 Å². The summed E-state index contributed by atoms with van der Waals surface area (Å²) in [6, 6.07) is 16.7. The standard InChI is InChI=1S/C26H32N6O/c1-26(2)15-23(22-11-7-8-13-27-22)29-24-21(16-28-32(24)26)25(33)30(3)20-12-14-31(18-20)17-19-9-5-4-6-10-19/h4-11,13,16,20,23,29H,12,14-15,17-18H2,1-3H3. The lowest BCUT2D eigenvalue weighted by molar-refractivity contribution is 0.0735. The van der Waals surface area contributed by atoms with Crippen molar-refractivity contribution < 1.29 is 4.79 Å². The molecule has 0 aliphatic carbocycles. The van der Waals surface area contributed by atoms with Crippen molar-refractivity contribution in [2.75, 3.05) is 25.5 Å². The van der Waals surface area contributed by atoms with Gasteiger partial charge in [0.25, 0.3) is 5.91 Å². The molecule has 1 fully saturated rings. The summed E-state index contributed by atoms with van der Waals surface area (Å²) in [7, 11) is 1.92. The number of carbonyl (C=O) groups excluding carboxylic acids is 1. The van der Waals surface area contributed by atoms with E-state index in [0.29, 0.717) is 5.56 Å². The van der Waals surface area contributed by atoms with Crippen molar-refractivity contribution >= 4 is 11.7 Å². The van der Waals surface area contributed by atoms with Crippen LogP contribution in [-0.4, -0.2) is 56.7 Å². The summed E-state index contributed by atoms with van der Waals surface area (Å²) >= 11 is 0. The van der Waals surface area contributed by atoms with Crippen LogP contribution in [-0.2, 0) is 12.1 Å². The average molecular weight is 445 g/mol. The van der Waals surface area contributed by atoms with E-state index >= 15 is 0 Å². The van der Waals surface area contributed by atoms with Crippen LogP contribution in [0.4, 0.5) is 5.82 Å². The van der Waals surface area contributed by atoms with Crippen LogP contribution < -0.4 is 5.32 Å². The average Bonchev–Trinajstić information content (AvgIpc) is 3.47. The molecule has 0 saturated carbocycles. The van der Waals surface area contributed by atoms with Gasteiger partial charge in [0, 0.05) is 38.9 Å². The molecule has 4 heterocycles. The van der Waals surface area contributed by atoms with Gasteiger partial charge in [0.05, 0.1) is 23.5 Å². The third-order valence-corrected chi connectivity index (χ3v) is 7.00. The van der Waals surface area contributed by atoms with Crippen molar-refractivity contribution in [3.05, 3.63) is 77.7 Å². The van der Waals surface area contributed by atoms with Gasteiger partial charge in [-0.15, -0.1) is 0 Å². The van der Waals surface area contributed by atoms with Gasteiger partial charge in [-0.3, -0.25) is 14.7 Å². The number of hydrogen-bond donors (Lipinski definition) is 1. The van der Waals surface area contributed by atoms with Gasteiger partial charge in [-0.25, -0.2) is 4.68 Å². The van der Waals surface area contributed by atoms with Crippen LogP contribution in [0.15, 0.2) is 60.9 Å². The second-order valence-corrected chi connectivity index (χ2v) is 9.87. The van der Waals surface area contributed by atoms with E-state index in [1.165, 1.54) is 5.56 Å². The van der Waals surface area contributed by atoms with E-state index < -0.39 is 0 Å². The fraction of sp³-hybridized carbons (Fsp3) is 0.423. The Morgan fingerprint density at radius 1 is 1.18 bits per heavy atom. The molecule has 2 aliphatic rings. The molecule has 7 heteroatoms. The molecule has 1 N–H and O–H groups in total. The van der Waals surface area contributed by atoms with Crippen molar-refractivity contribution in [1.29, 1.82) is 0 Å². The summed E-state index contributed by atoms with van der Waals surface area (Å²) in [4.78, 5) is 22.5. The van der Waals surface area contributed by atoms with Gasteiger partial charge < -0.3 is 10.2 Å². The first kappa shape index (κ1) is 21.6. The zero-order valence-corrected chi connectivity index (χ0v) is 19.6. The lowest BCUT2D eigenvalue weighted by atomic mass is 9.91. The van der Waals surface area contributed by atoms with E-state index in [0.717, 1.165) is 44.0 Å². The number of likely N-dealkylation sites (N-methyl/N-ethyl adjacent to an activating group) is 1. The third-order valence-electron chi connectivity index (χ3n) is 7.00. The first-order valence-corrected chi connectivity index (χ1v) is 11.7. The molecule has 33 heavy (non-hydrogen) atoms. The second kappa shape index (κ2) is 8.63. The number of pyridine rings is 1. The lowest BCUT2D eigenvalue weighted by Gasteiger charge is -2.38. The molecular formula is C26H32N6O. The Kier molecular flexibility index (Phi) is 5.66. The molecule has 2 atom stereocenters. The molecule has 1 amide bonds. The molecule has 0 radical (unpaired) electrons. The Labute approximate surface area is 195 Å². The van der Waals surface area contributed by atoms with E-state index in [1.807, 2.05) is 47.1 Å². The number of rotatable bonds is 5. The number of likely N-dealkylation sites (tertiary alicyclic amines) is 1. The van der Waals surface area contributed by atoms with E-state index in [9.17, 15) is 4.79 Å². The van der Waals surface area contributed by atoms with E-state index in [1.54, 1.807) is 6.20 Å². The largest absolute Gasteiger partial charge is 0.361 e. The Hall–Kier alpha value is -3.19. The molecule has 7 nitrogen and oxygen atoms in total. The zero-order valence-electron chi connectivity index (χ0n) is 19.6. The highest BCUT2D eigenvalue weighted by atomic mass is 16.2. The summed E-state index contributed by atoms with van der Waals surface area (Å²) in [5.74, 6) is 0.811. The minimum absolute atomic E-state index is 0.0211.